The van der Waals surface area contributed by atoms with E-state index in [-0.39, 0.29) is 24.8 Å². The monoisotopic (exact) mass is 431 g/mol. The first-order valence-corrected chi connectivity index (χ1v) is 10.7. The van der Waals surface area contributed by atoms with E-state index in [4.69, 9.17) is 9.47 Å². The second-order valence-electron chi connectivity index (χ2n) is 8.11. The first kappa shape index (κ1) is 20.2. The summed E-state index contributed by atoms with van der Waals surface area (Å²) in [6, 6.07) is 11.9. The minimum Gasteiger partial charge on any atom is -0.493 e. The molecule has 0 radical (unpaired) electrons. The molecule has 5 rings (SSSR count). The largest absolute Gasteiger partial charge is 0.493 e. The van der Waals surface area contributed by atoms with Gasteiger partial charge in [-0.2, -0.15) is 0 Å². The van der Waals surface area contributed by atoms with Crippen molar-refractivity contribution < 1.29 is 19.1 Å². The van der Waals surface area contributed by atoms with Crippen LogP contribution >= 0.6 is 0 Å². The predicted molar refractivity (Wildman–Crippen MR) is 121 cm³/mol. The van der Waals surface area contributed by atoms with Gasteiger partial charge < -0.3 is 24.3 Å². The van der Waals surface area contributed by atoms with Crippen LogP contribution in [-0.2, 0) is 29.0 Å². The second-order valence-corrected chi connectivity index (χ2v) is 8.11. The number of nitrogens with zero attached hydrogens (tertiary/aromatic N) is 2. The van der Waals surface area contributed by atoms with Crippen LogP contribution in [0.5, 0.6) is 11.5 Å². The Hall–Kier alpha value is -3.74. The molecule has 0 saturated carbocycles. The van der Waals surface area contributed by atoms with Crippen LogP contribution < -0.4 is 9.47 Å². The second kappa shape index (κ2) is 8.07. The normalized spacial score (nSPS) is 15.4. The average Bonchev–Trinajstić information content (AvgIpc) is 3.11. The molecule has 1 aromatic heterocycles. The predicted octanol–water partition coefficient (Wildman–Crippen LogP) is 3.13. The van der Waals surface area contributed by atoms with Gasteiger partial charge in [-0.25, -0.2) is 0 Å². The Morgan fingerprint density at radius 3 is 2.72 bits per heavy atom. The van der Waals surface area contributed by atoms with Crippen molar-refractivity contribution in [2.45, 2.75) is 19.4 Å². The number of nitrogens with one attached hydrogen (secondary N) is 1. The van der Waals surface area contributed by atoms with Crippen molar-refractivity contribution in [2.24, 2.45) is 0 Å². The van der Waals surface area contributed by atoms with Crippen molar-refractivity contribution in [3.8, 4) is 11.5 Å². The number of amides is 2. The van der Waals surface area contributed by atoms with Crippen molar-refractivity contribution in [1.82, 2.24) is 14.8 Å². The number of ether oxygens (including phenoxy) is 2. The number of aromatic amines is 1. The van der Waals surface area contributed by atoms with Gasteiger partial charge in [0, 0.05) is 29.3 Å². The molecule has 1 N–H and O–H groups in total. The number of H-pyrrole nitrogens is 1. The number of hydrogen-bond acceptors (Lipinski definition) is 4. The summed E-state index contributed by atoms with van der Waals surface area (Å²) in [5, 5.41) is 1.23. The zero-order chi connectivity index (χ0) is 22.2. The van der Waals surface area contributed by atoms with Gasteiger partial charge in [0.15, 0.2) is 11.5 Å². The molecule has 2 aliphatic heterocycles. The van der Waals surface area contributed by atoms with E-state index in [0.29, 0.717) is 24.6 Å². The molecule has 2 amide bonds. The van der Waals surface area contributed by atoms with Gasteiger partial charge in [-0.3, -0.25) is 9.59 Å². The van der Waals surface area contributed by atoms with E-state index in [1.165, 1.54) is 15.8 Å². The molecule has 0 atom stereocenters. The molecule has 0 saturated heterocycles. The van der Waals surface area contributed by atoms with Gasteiger partial charge in [-0.05, 0) is 47.4 Å². The van der Waals surface area contributed by atoms with Gasteiger partial charge in [0.1, 0.15) is 6.54 Å². The Balaban J connectivity index is 1.32. The number of benzene rings is 2. The zero-order valence-corrected chi connectivity index (χ0v) is 18.2. The van der Waals surface area contributed by atoms with Crippen LogP contribution in [0.3, 0.4) is 0 Å². The highest BCUT2D eigenvalue weighted by atomic mass is 16.5. The third kappa shape index (κ3) is 3.49. The summed E-state index contributed by atoms with van der Waals surface area (Å²) in [5.74, 6) is 1.01. The smallest absolute Gasteiger partial charge is 0.242 e. The van der Waals surface area contributed by atoms with E-state index in [1.807, 2.05) is 35.2 Å². The summed E-state index contributed by atoms with van der Waals surface area (Å²) in [5.41, 5.74) is 5.19. The highest BCUT2D eigenvalue weighted by Gasteiger charge is 2.27. The Morgan fingerprint density at radius 1 is 1.12 bits per heavy atom. The van der Waals surface area contributed by atoms with E-state index in [9.17, 15) is 9.59 Å². The maximum Gasteiger partial charge on any atom is 0.242 e. The molecule has 7 nitrogen and oxygen atoms in total. The summed E-state index contributed by atoms with van der Waals surface area (Å²) in [4.78, 5) is 32.7. The topological polar surface area (TPSA) is 74.9 Å². The molecule has 0 spiro atoms. The van der Waals surface area contributed by atoms with Gasteiger partial charge in [0.05, 0.1) is 27.2 Å². The molecule has 7 heteroatoms. The fourth-order valence-corrected chi connectivity index (χ4v) is 4.56. The highest BCUT2D eigenvalue weighted by Crippen LogP contribution is 2.33. The summed E-state index contributed by atoms with van der Waals surface area (Å²) in [7, 11) is 3.15. The van der Waals surface area contributed by atoms with Crippen LogP contribution in [0, 0.1) is 0 Å². The highest BCUT2D eigenvalue weighted by molar-refractivity contribution is 5.90. The average molecular weight is 431 g/mol. The number of rotatable bonds is 4. The molecule has 2 aromatic carbocycles. The number of carbonyl (C=O) groups is 2. The minimum absolute atomic E-state index is 0.0210. The molecule has 2 aliphatic rings. The van der Waals surface area contributed by atoms with Crippen molar-refractivity contribution in [1.29, 1.82) is 0 Å². The maximum atomic E-state index is 13.1. The lowest BCUT2D eigenvalue weighted by Crippen LogP contribution is -2.43. The zero-order valence-electron chi connectivity index (χ0n) is 18.2. The van der Waals surface area contributed by atoms with E-state index in [1.54, 1.807) is 20.4 Å². The molecular weight excluding hydrogens is 406 g/mol. The molecule has 3 aromatic rings. The molecule has 0 fully saturated rings. The molecule has 0 aliphatic carbocycles. The van der Waals surface area contributed by atoms with Crippen LogP contribution in [0.25, 0.3) is 17.0 Å². The summed E-state index contributed by atoms with van der Waals surface area (Å²) in [6.45, 7) is 1.20. The molecule has 32 heavy (non-hydrogen) atoms. The number of aromatic nitrogens is 1. The SMILES string of the molecule is COc1cc2c(cc1OC)CC(=O)N(CC(=O)N1CCc3c([nH]c4ccccc34)C1)C=C2. The van der Waals surface area contributed by atoms with Gasteiger partial charge in [0.2, 0.25) is 11.8 Å². The molecule has 0 unspecified atom stereocenters. The summed E-state index contributed by atoms with van der Waals surface area (Å²) in [6.07, 6.45) is 4.54. The van der Waals surface area contributed by atoms with Crippen LogP contribution in [-0.4, -0.2) is 53.9 Å². The third-order valence-corrected chi connectivity index (χ3v) is 6.28. The Labute approximate surface area is 186 Å². The first-order valence-electron chi connectivity index (χ1n) is 10.7. The van der Waals surface area contributed by atoms with E-state index in [0.717, 1.165) is 28.8 Å². The van der Waals surface area contributed by atoms with Gasteiger partial charge in [-0.15, -0.1) is 0 Å². The lowest BCUT2D eigenvalue weighted by molar-refractivity contribution is -0.138. The molecule has 164 valence electrons. The van der Waals surface area contributed by atoms with Crippen LogP contribution in [0.1, 0.15) is 22.4 Å². The number of carbonyl (C=O) groups excluding carboxylic acids is 2. The van der Waals surface area contributed by atoms with Crippen LogP contribution in [0.15, 0.2) is 42.6 Å². The standard InChI is InChI=1S/C25H25N3O4/c1-31-22-11-16-7-9-28(24(29)13-17(16)12-23(22)32-2)15-25(30)27-10-8-19-18-5-3-4-6-20(18)26-21(19)14-27/h3-7,9,11-12,26H,8,10,13-15H2,1-2H3. The molecule has 0 bridgehead atoms. The summed E-state index contributed by atoms with van der Waals surface area (Å²) < 4.78 is 10.7. The number of hydrogen-bond donors (Lipinski definition) is 1. The lowest BCUT2D eigenvalue weighted by Gasteiger charge is -2.29. The third-order valence-electron chi connectivity index (χ3n) is 6.28. The Bertz CT molecular complexity index is 1240. The molecule has 3 heterocycles. The fourth-order valence-electron chi connectivity index (χ4n) is 4.56. The van der Waals surface area contributed by atoms with E-state index < -0.39 is 0 Å². The van der Waals surface area contributed by atoms with E-state index >= 15 is 0 Å². The van der Waals surface area contributed by atoms with Crippen molar-refractivity contribution in [3.63, 3.8) is 0 Å². The van der Waals surface area contributed by atoms with E-state index in [2.05, 4.69) is 17.1 Å². The number of fused-ring (bicyclic) bond motifs is 4. The fraction of sp³-hybridized carbons (Fsp3) is 0.280. The van der Waals surface area contributed by atoms with Crippen molar-refractivity contribution in [3.05, 3.63) is 65.0 Å². The maximum absolute atomic E-state index is 13.1. The van der Waals surface area contributed by atoms with Crippen LogP contribution in [0.4, 0.5) is 0 Å². The number of para-hydroxylation sites is 1. The van der Waals surface area contributed by atoms with Gasteiger partial charge in [0.25, 0.3) is 0 Å². The quantitative estimate of drug-likeness (QED) is 0.689. The Kier molecular flexibility index (Phi) is 5.09. The number of methoxy groups -OCH3 is 2. The minimum atomic E-state index is -0.121. The first-order chi connectivity index (χ1) is 15.6. The van der Waals surface area contributed by atoms with Gasteiger partial charge >= 0.3 is 0 Å². The Morgan fingerprint density at radius 2 is 1.91 bits per heavy atom. The van der Waals surface area contributed by atoms with Crippen molar-refractivity contribution in [2.75, 3.05) is 27.3 Å². The van der Waals surface area contributed by atoms with Crippen LogP contribution in [0.2, 0.25) is 0 Å². The molecular formula is C25H25N3O4. The van der Waals surface area contributed by atoms with Gasteiger partial charge in [-0.1, -0.05) is 18.2 Å². The van der Waals surface area contributed by atoms with Crippen molar-refractivity contribution >= 4 is 28.8 Å². The lowest BCUT2D eigenvalue weighted by atomic mass is 10.0. The summed E-state index contributed by atoms with van der Waals surface area (Å²) >= 11 is 0.